The molecule has 19 heavy (non-hydrogen) atoms. The topological polar surface area (TPSA) is 39.7 Å². The molecule has 0 bridgehead atoms. The Kier molecular flexibility index (Phi) is 8.58. The number of ether oxygens (including phenoxy) is 3. The first-order valence-electron chi connectivity index (χ1n) is 6.38. The first-order chi connectivity index (χ1) is 9.29. The zero-order valence-electron chi connectivity index (χ0n) is 11.6. The van der Waals surface area contributed by atoms with Crippen molar-refractivity contribution < 1.29 is 14.2 Å². The molecule has 1 aromatic rings. The standard InChI is InChI=1S/C14H22ClNO3/c1-17-8-4-9-19-10-7-16-11-12-13(15)5-3-6-14(12)18-2/h3,5-6,16H,4,7-11H2,1-2H3. The summed E-state index contributed by atoms with van der Waals surface area (Å²) in [5, 5.41) is 4.00. The quantitative estimate of drug-likeness (QED) is 0.671. The van der Waals surface area contributed by atoms with Crippen LogP contribution in [0.3, 0.4) is 0 Å². The summed E-state index contributed by atoms with van der Waals surface area (Å²) in [6, 6.07) is 5.65. The maximum absolute atomic E-state index is 6.14. The second kappa shape index (κ2) is 10.0. The Morgan fingerprint density at radius 2 is 2.00 bits per heavy atom. The summed E-state index contributed by atoms with van der Waals surface area (Å²) in [5.41, 5.74) is 0.978. The van der Waals surface area contributed by atoms with Crippen molar-refractivity contribution >= 4 is 11.6 Å². The minimum atomic E-state index is 0.671. The van der Waals surface area contributed by atoms with E-state index in [1.165, 1.54) is 0 Å². The van der Waals surface area contributed by atoms with Gasteiger partial charge < -0.3 is 19.5 Å². The Bertz CT molecular complexity index is 361. The summed E-state index contributed by atoms with van der Waals surface area (Å²) in [5.74, 6) is 0.806. The minimum Gasteiger partial charge on any atom is -0.496 e. The van der Waals surface area contributed by atoms with Crippen LogP contribution in [0.5, 0.6) is 5.75 Å². The maximum atomic E-state index is 6.14. The molecule has 0 aliphatic rings. The van der Waals surface area contributed by atoms with E-state index >= 15 is 0 Å². The van der Waals surface area contributed by atoms with Gasteiger partial charge in [-0.2, -0.15) is 0 Å². The third-order valence-corrected chi connectivity index (χ3v) is 3.01. The SMILES string of the molecule is COCCCOCCNCc1c(Cl)cccc1OC. The molecular formula is C14H22ClNO3. The van der Waals surface area contributed by atoms with E-state index in [1.807, 2.05) is 18.2 Å². The molecule has 0 spiro atoms. The molecule has 0 fully saturated rings. The lowest BCUT2D eigenvalue weighted by molar-refractivity contribution is 0.104. The predicted octanol–water partition coefficient (Wildman–Crippen LogP) is 2.49. The van der Waals surface area contributed by atoms with E-state index in [9.17, 15) is 0 Å². The Labute approximate surface area is 120 Å². The number of rotatable bonds is 10. The number of halogens is 1. The van der Waals surface area contributed by atoms with E-state index in [1.54, 1.807) is 14.2 Å². The monoisotopic (exact) mass is 287 g/mol. The molecule has 0 saturated carbocycles. The van der Waals surface area contributed by atoms with E-state index in [-0.39, 0.29) is 0 Å². The van der Waals surface area contributed by atoms with Crippen LogP contribution in [0.2, 0.25) is 5.02 Å². The predicted molar refractivity (Wildman–Crippen MR) is 77.0 cm³/mol. The van der Waals surface area contributed by atoms with E-state index < -0.39 is 0 Å². The second-order valence-electron chi connectivity index (χ2n) is 4.06. The van der Waals surface area contributed by atoms with Crippen LogP contribution in [-0.2, 0) is 16.0 Å². The van der Waals surface area contributed by atoms with Gasteiger partial charge in [0.25, 0.3) is 0 Å². The molecule has 1 N–H and O–H groups in total. The maximum Gasteiger partial charge on any atom is 0.124 e. The second-order valence-corrected chi connectivity index (χ2v) is 4.46. The summed E-state index contributed by atoms with van der Waals surface area (Å²) < 4.78 is 15.7. The van der Waals surface area contributed by atoms with Crippen LogP contribution in [0.25, 0.3) is 0 Å². The van der Waals surface area contributed by atoms with Crippen LogP contribution >= 0.6 is 11.6 Å². The number of nitrogens with one attached hydrogen (secondary N) is 1. The minimum absolute atomic E-state index is 0.671. The van der Waals surface area contributed by atoms with Gasteiger partial charge in [0, 0.05) is 44.0 Å². The highest BCUT2D eigenvalue weighted by atomic mass is 35.5. The Hall–Kier alpha value is -0.810. The fourth-order valence-electron chi connectivity index (χ4n) is 1.67. The highest BCUT2D eigenvalue weighted by Gasteiger charge is 2.06. The van der Waals surface area contributed by atoms with Gasteiger partial charge in [0.05, 0.1) is 13.7 Å². The smallest absolute Gasteiger partial charge is 0.124 e. The molecule has 0 saturated heterocycles. The van der Waals surface area contributed by atoms with Crippen molar-refractivity contribution in [3.63, 3.8) is 0 Å². The van der Waals surface area contributed by atoms with Crippen LogP contribution < -0.4 is 10.1 Å². The van der Waals surface area contributed by atoms with Crippen LogP contribution in [-0.4, -0.2) is 40.6 Å². The number of hydrogen-bond acceptors (Lipinski definition) is 4. The van der Waals surface area contributed by atoms with Gasteiger partial charge in [-0.25, -0.2) is 0 Å². The number of hydrogen-bond donors (Lipinski definition) is 1. The highest BCUT2D eigenvalue weighted by molar-refractivity contribution is 6.31. The third-order valence-electron chi connectivity index (χ3n) is 2.66. The summed E-state index contributed by atoms with van der Waals surface area (Å²) in [4.78, 5) is 0. The van der Waals surface area contributed by atoms with Gasteiger partial charge in [0.2, 0.25) is 0 Å². The fourth-order valence-corrected chi connectivity index (χ4v) is 1.90. The Morgan fingerprint density at radius 1 is 1.16 bits per heavy atom. The first kappa shape index (κ1) is 16.2. The molecule has 1 aromatic carbocycles. The van der Waals surface area contributed by atoms with Crippen LogP contribution in [0.15, 0.2) is 18.2 Å². The van der Waals surface area contributed by atoms with Gasteiger partial charge >= 0.3 is 0 Å². The summed E-state index contributed by atoms with van der Waals surface area (Å²) in [7, 11) is 3.34. The summed E-state index contributed by atoms with van der Waals surface area (Å²) in [6.45, 7) is 3.59. The van der Waals surface area contributed by atoms with Gasteiger partial charge in [-0.15, -0.1) is 0 Å². The van der Waals surface area contributed by atoms with E-state index in [4.69, 9.17) is 25.8 Å². The first-order valence-corrected chi connectivity index (χ1v) is 6.76. The molecule has 5 heteroatoms. The van der Waals surface area contributed by atoms with Crippen LogP contribution in [0, 0.1) is 0 Å². The number of benzene rings is 1. The van der Waals surface area contributed by atoms with Gasteiger partial charge in [0.1, 0.15) is 5.75 Å². The fraction of sp³-hybridized carbons (Fsp3) is 0.571. The Morgan fingerprint density at radius 3 is 2.74 bits per heavy atom. The molecular weight excluding hydrogens is 266 g/mol. The third kappa shape index (κ3) is 6.25. The molecule has 108 valence electrons. The molecule has 4 nitrogen and oxygen atoms in total. The highest BCUT2D eigenvalue weighted by Crippen LogP contribution is 2.25. The van der Waals surface area contributed by atoms with Crippen LogP contribution in [0.4, 0.5) is 0 Å². The molecule has 1 rings (SSSR count). The van der Waals surface area contributed by atoms with E-state index in [0.29, 0.717) is 18.2 Å². The molecule has 0 radical (unpaired) electrons. The normalized spacial score (nSPS) is 10.7. The molecule has 0 heterocycles. The van der Waals surface area contributed by atoms with E-state index in [2.05, 4.69) is 5.32 Å². The molecule has 0 aliphatic carbocycles. The summed E-state index contributed by atoms with van der Waals surface area (Å²) >= 11 is 6.14. The lowest BCUT2D eigenvalue weighted by Crippen LogP contribution is -2.20. The van der Waals surface area contributed by atoms with Crippen molar-refractivity contribution in [1.82, 2.24) is 5.32 Å². The molecule has 0 atom stereocenters. The average molecular weight is 288 g/mol. The van der Waals surface area contributed by atoms with Crippen molar-refractivity contribution in [2.24, 2.45) is 0 Å². The van der Waals surface area contributed by atoms with Crippen LogP contribution in [0.1, 0.15) is 12.0 Å². The largest absolute Gasteiger partial charge is 0.496 e. The van der Waals surface area contributed by atoms with Gasteiger partial charge in [-0.05, 0) is 18.6 Å². The van der Waals surface area contributed by atoms with E-state index in [0.717, 1.165) is 37.5 Å². The zero-order chi connectivity index (χ0) is 13.9. The van der Waals surface area contributed by atoms with Crippen molar-refractivity contribution in [3.8, 4) is 5.75 Å². The van der Waals surface area contributed by atoms with Crippen molar-refractivity contribution in [1.29, 1.82) is 0 Å². The zero-order valence-corrected chi connectivity index (χ0v) is 12.3. The van der Waals surface area contributed by atoms with Gasteiger partial charge in [-0.1, -0.05) is 17.7 Å². The average Bonchev–Trinajstić information content (AvgIpc) is 2.43. The lowest BCUT2D eigenvalue weighted by atomic mass is 10.2. The summed E-state index contributed by atoms with van der Waals surface area (Å²) in [6.07, 6.45) is 0.925. The van der Waals surface area contributed by atoms with Crippen molar-refractivity contribution in [3.05, 3.63) is 28.8 Å². The van der Waals surface area contributed by atoms with Gasteiger partial charge in [-0.3, -0.25) is 0 Å². The Balaban J connectivity index is 2.19. The molecule has 0 aliphatic heterocycles. The van der Waals surface area contributed by atoms with Crippen molar-refractivity contribution in [2.75, 3.05) is 40.6 Å². The number of methoxy groups -OCH3 is 2. The molecule has 0 amide bonds. The van der Waals surface area contributed by atoms with Gasteiger partial charge in [0.15, 0.2) is 0 Å². The molecule has 0 unspecified atom stereocenters. The van der Waals surface area contributed by atoms with Crippen molar-refractivity contribution in [2.45, 2.75) is 13.0 Å². The molecule has 0 aromatic heterocycles. The lowest BCUT2D eigenvalue weighted by Gasteiger charge is -2.11.